The first kappa shape index (κ1) is 17.1. The van der Waals surface area contributed by atoms with Gasteiger partial charge in [-0.25, -0.2) is 4.79 Å². The van der Waals surface area contributed by atoms with E-state index in [0.29, 0.717) is 0 Å². The molecule has 0 aromatic heterocycles. The summed E-state index contributed by atoms with van der Waals surface area (Å²) in [5.41, 5.74) is 0. The minimum atomic E-state index is -1.79. The summed E-state index contributed by atoms with van der Waals surface area (Å²) in [7, 11) is 0. The van der Waals surface area contributed by atoms with Gasteiger partial charge in [-0.05, 0) is 0 Å². The topological polar surface area (TPSA) is 125 Å². The number of carboxylic acid groups (broad SMARTS) is 2. The molecule has 0 spiro atoms. The molecule has 0 bridgehead atoms. The maximum Gasteiger partial charge on any atom is 1.00 e. The summed E-state index contributed by atoms with van der Waals surface area (Å²) in [5, 5.41) is 24.1. The van der Waals surface area contributed by atoms with Gasteiger partial charge >= 0.3 is 41.5 Å². The van der Waals surface area contributed by atoms with Gasteiger partial charge in [0.25, 0.3) is 0 Å². The van der Waals surface area contributed by atoms with E-state index in [4.69, 9.17) is 15.3 Å². The molecule has 6 nitrogen and oxygen atoms in total. The molecule has 1 atom stereocenters. The third-order valence-corrected chi connectivity index (χ3v) is 0.653. The molecule has 4 N–H and O–H groups in total. The number of hydrogen-bond acceptors (Lipinski definition) is 4. The molecule has 0 aromatic carbocycles. The van der Waals surface area contributed by atoms with E-state index in [9.17, 15) is 9.59 Å². The van der Waals surface area contributed by atoms with Crippen molar-refractivity contribution < 1.29 is 59.9 Å². The second-order valence-corrected chi connectivity index (χ2v) is 1.45. The standard InChI is InChI=1S/C4H6O5.Na.H2O/c5-2(4(8)9)1-3(6)7;;/h2,5H,1H2,(H,6,7)(H,8,9);;1H2/q;+1;/p-1. The second-order valence-electron chi connectivity index (χ2n) is 1.45. The van der Waals surface area contributed by atoms with E-state index in [2.05, 4.69) is 0 Å². The van der Waals surface area contributed by atoms with E-state index in [1.807, 2.05) is 0 Å². The van der Waals surface area contributed by atoms with Crippen LogP contribution in [0.25, 0.3) is 0 Å². The number of rotatable bonds is 3. The van der Waals surface area contributed by atoms with Crippen molar-refractivity contribution in [3.8, 4) is 0 Å². The van der Waals surface area contributed by atoms with Crippen LogP contribution >= 0.6 is 0 Å². The maximum absolute atomic E-state index is 9.72. The van der Waals surface area contributed by atoms with Gasteiger partial charge in [0.05, 0.1) is 6.42 Å². The van der Waals surface area contributed by atoms with Crippen molar-refractivity contribution in [1.29, 1.82) is 0 Å². The van der Waals surface area contributed by atoms with E-state index >= 15 is 0 Å². The van der Waals surface area contributed by atoms with Crippen LogP contribution in [0.15, 0.2) is 0 Å². The quantitative estimate of drug-likeness (QED) is 0.372. The van der Waals surface area contributed by atoms with Crippen molar-refractivity contribution in [3.63, 3.8) is 0 Å². The van der Waals surface area contributed by atoms with Crippen LogP contribution in [-0.4, -0.2) is 38.8 Å². The van der Waals surface area contributed by atoms with Gasteiger partial charge in [0, 0.05) is 0 Å². The van der Waals surface area contributed by atoms with E-state index in [0.717, 1.165) is 0 Å². The molecule has 0 aliphatic carbocycles. The Morgan fingerprint density at radius 2 is 1.64 bits per heavy atom. The summed E-state index contributed by atoms with van der Waals surface area (Å²) in [6.07, 6.45) is -2.54. The summed E-state index contributed by atoms with van der Waals surface area (Å²) in [4.78, 5) is 19.4. The van der Waals surface area contributed by atoms with Gasteiger partial charge in [-0.3, -0.25) is 4.79 Å². The van der Waals surface area contributed by atoms with Crippen molar-refractivity contribution in [1.82, 2.24) is 0 Å². The molecule has 11 heavy (non-hydrogen) atoms. The summed E-state index contributed by atoms with van der Waals surface area (Å²) in [5.74, 6) is -2.85. The molecule has 1 unspecified atom stereocenters. The summed E-state index contributed by atoms with van der Waals surface area (Å²) < 4.78 is 0. The first-order valence-electron chi connectivity index (χ1n) is 2.16. The minimum Gasteiger partial charge on any atom is -0.870 e. The normalized spacial score (nSPS) is 10.3. The molecule has 0 amide bonds. The Morgan fingerprint density at radius 1 is 1.27 bits per heavy atom. The first-order chi connectivity index (χ1) is 4.04. The van der Waals surface area contributed by atoms with Gasteiger partial charge < -0.3 is 20.8 Å². The molecule has 0 heterocycles. The SMILES string of the molecule is O=C(O)CC(O)C(=O)O.[Na+].[OH-]. The van der Waals surface area contributed by atoms with Crippen LogP contribution in [-0.2, 0) is 9.59 Å². The number of aliphatic hydroxyl groups is 1. The van der Waals surface area contributed by atoms with Crippen molar-refractivity contribution in [2.45, 2.75) is 12.5 Å². The van der Waals surface area contributed by atoms with E-state index in [1.54, 1.807) is 0 Å². The van der Waals surface area contributed by atoms with E-state index < -0.39 is 24.5 Å². The molecule has 0 saturated carbocycles. The molecule has 0 fully saturated rings. The molecule has 7 heteroatoms. The molecular weight excluding hydrogens is 167 g/mol. The summed E-state index contributed by atoms with van der Waals surface area (Å²) >= 11 is 0. The van der Waals surface area contributed by atoms with Crippen LogP contribution in [0.1, 0.15) is 6.42 Å². The molecule has 0 rings (SSSR count). The first-order valence-corrected chi connectivity index (χ1v) is 2.16. The number of aliphatic carboxylic acids is 2. The van der Waals surface area contributed by atoms with Crippen molar-refractivity contribution in [2.24, 2.45) is 0 Å². The summed E-state index contributed by atoms with van der Waals surface area (Å²) in [6.45, 7) is 0. The average molecular weight is 174 g/mol. The number of carboxylic acids is 2. The Kier molecular flexibility index (Phi) is 12.4. The number of hydrogen-bond donors (Lipinski definition) is 3. The number of carbonyl (C=O) groups is 2. The second kappa shape index (κ2) is 7.96. The van der Waals surface area contributed by atoms with Gasteiger partial charge in [-0.1, -0.05) is 0 Å². The molecule has 0 radical (unpaired) electrons. The largest absolute Gasteiger partial charge is 1.00 e. The summed E-state index contributed by atoms with van der Waals surface area (Å²) in [6, 6.07) is 0. The zero-order valence-corrected chi connectivity index (χ0v) is 7.89. The molecule has 0 aromatic rings. The molecular formula is C4H7NaO6. The van der Waals surface area contributed by atoms with Crippen LogP contribution in [0.4, 0.5) is 0 Å². The van der Waals surface area contributed by atoms with Crippen molar-refractivity contribution in [3.05, 3.63) is 0 Å². The van der Waals surface area contributed by atoms with Crippen molar-refractivity contribution in [2.75, 3.05) is 0 Å². The van der Waals surface area contributed by atoms with Crippen LogP contribution in [0, 0.1) is 0 Å². The smallest absolute Gasteiger partial charge is 0.870 e. The monoisotopic (exact) mass is 174 g/mol. The Hall–Kier alpha value is -0.140. The van der Waals surface area contributed by atoms with Gasteiger partial charge in [0.15, 0.2) is 6.10 Å². The van der Waals surface area contributed by atoms with Crippen molar-refractivity contribution >= 4 is 11.9 Å². The third-order valence-electron chi connectivity index (χ3n) is 0.653. The van der Waals surface area contributed by atoms with Crippen LogP contribution in [0.3, 0.4) is 0 Å². The molecule has 0 saturated heterocycles. The third kappa shape index (κ3) is 9.86. The fraction of sp³-hybridized carbons (Fsp3) is 0.500. The Morgan fingerprint density at radius 3 is 1.73 bits per heavy atom. The molecule has 60 valence electrons. The van der Waals surface area contributed by atoms with Crippen LogP contribution in [0.5, 0.6) is 0 Å². The minimum absolute atomic E-state index is 0. The van der Waals surface area contributed by atoms with Gasteiger partial charge in [0.1, 0.15) is 0 Å². The maximum atomic E-state index is 9.72. The van der Waals surface area contributed by atoms with Gasteiger partial charge in [-0.15, -0.1) is 0 Å². The van der Waals surface area contributed by atoms with Gasteiger partial charge in [0.2, 0.25) is 0 Å². The van der Waals surface area contributed by atoms with Gasteiger partial charge in [-0.2, -0.15) is 0 Å². The fourth-order valence-corrected chi connectivity index (χ4v) is 0.253. The zero-order valence-electron chi connectivity index (χ0n) is 5.89. The molecule has 0 aliphatic rings. The van der Waals surface area contributed by atoms with Crippen LogP contribution in [0.2, 0.25) is 0 Å². The Balaban J connectivity index is -0.000000320. The Bertz CT molecular complexity index is 135. The zero-order chi connectivity index (χ0) is 7.44. The number of aliphatic hydroxyl groups excluding tert-OH is 1. The predicted octanol–water partition coefficient (Wildman–Crippen LogP) is -4.27. The Labute approximate surface area is 84.4 Å². The average Bonchev–Trinajstić information content (AvgIpc) is 1.63. The molecule has 0 aliphatic heterocycles. The van der Waals surface area contributed by atoms with Crippen LogP contribution < -0.4 is 29.6 Å². The van der Waals surface area contributed by atoms with E-state index in [-0.39, 0.29) is 35.0 Å². The fourth-order valence-electron chi connectivity index (χ4n) is 0.253. The predicted molar refractivity (Wildman–Crippen MR) is 27.8 cm³/mol. The van der Waals surface area contributed by atoms with E-state index in [1.165, 1.54) is 0 Å².